The highest BCUT2D eigenvalue weighted by atomic mass is 79.9. The van der Waals surface area contributed by atoms with Crippen LogP contribution < -0.4 is 20.3 Å². The van der Waals surface area contributed by atoms with Crippen molar-refractivity contribution in [2.24, 2.45) is 0 Å². The molecule has 0 unspecified atom stereocenters. The highest BCUT2D eigenvalue weighted by Gasteiger charge is 2.09. The molecule has 0 radical (unpaired) electrons. The van der Waals surface area contributed by atoms with Gasteiger partial charge in [-0.3, -0.25) is 20.4 Å². The number of aromatic amines is 1. The van der Waals surface area contributed by atoms with E-state index >= 15 is 0 Å². The van der Waals surface area contributed by atoms with Crippen molar-refractivity contribution in [1.82, 2.24) is 15.8 Å². The molecule has 1 aromatic carbocycles. The van der Waals surface area contributed by atoms with Crippen LogP contribution in [0.15, 0.2) is 41.0 Å². The van der Waals surface area contributed by atoms with Crippen LogP contribution in [0.5, 0.6) is 11.5 Å². The third-order valence-corrected chi connectivity index (χ3v) is 3.17. The van der Waals surface area contributed by atoms with Gasteiger partial charge >= 0.3 is 0 Å². The summed E-state index contributed by atoms with van der Waals surface area (Å²) < 4.78 is 11.4. The molecule has 0 bridgehead atoms. The Balaban J connectivity index is 1.73. The standard InChI is InChI=1S/C15H16BrN3O4/c1-2-22-11-3-5-12(6-4-11)23-9-14(20)18-19-15(21)13-7-10(16)8-17-13/h3-8,17H,2,9H2,1H3,(H,18,20)(H,19,21). The number of carbonyl (C=O) groups excluding carboxylic acids is 2. The second-order valence-corrected chi connectivity index (χ2v) is 5.34. The van der Waals surface area contributed by atoms with Gasteiger partial charge in [-0.15, -0.1) is 0 Å². The van der Waals surface area contributed by atoms with Crippen LogP contribution in [0, 0.1) is 0 Å². The van der Waals surface area contributed by atoms with Gasteiger partial charge in [0, 0.05) is 10.7 Å². The number of hydrogen-bond acceptors (Lipinski definition) is 4. The summed E-state index contributed by atoms with van der Waals surface area (Å²) in [5, 5.41) is 0. The minimum atomic E-state index is -0.474. The summed E-state index contributed by atoms with van der Waals surface area (Å²) in [4.78, 5) is 26.1. The molecule has 122 valence electrons. The van der Waals surface area contributed by atoms with Gasteiger partial charge in [0.05, 0.1) is 6.61 Å². The highest BCUT2D eigenvalue weighted by molar-refractivity contribution is 9.10. The summed E-state index contributed by atoms with van der Waals surface area (Å²) in [6.45, 7) is 2.26. The van der Waals surface area contributed by atoms with Crippen molar-refractivity contribution in [3.8, 4) is 11.5 Å². The van der Waals surface area contributed by atoms with E-state index in [9.17, 15) is 9.59 Å². The first-order valence-electron chi connectivity index (χ1n) is 6.87. The lowest BCUT2D eigenvalue weighted by Crippen LogP contribution is -2.43. The van der Waals surface area contributed by atoms with Gasteiger partial charge in [-0.05, 0) is 53.2 Å². The number of hydrazine groups is 1. The molecule has 7 nitrogen and oxygen atoms in total. The van der Waals surface area contributed by atoms with E-state index in [0.29, 0.717) is 18.1 Å². The largest absolute Gasteiger partial charge is 0.494 e. The number of rotatable bonds is 6. The molecule has 1 heterocycles. The molecule has 0 aliphatic rings. The molecule has 8 heteroatoms. The molecule has 2 aromatic rings. The Morgan fingerprint density at radius 1 is 1.13 bits per heavy atom. The van der Waals surface area contributed by atoms with E-state index < -0.39 is 11.8 Å². The maximum absolute atomic E-state index is 11.7. The molecule has 23 heavy (non-hydrogen) atoms. The predicted molar refractivity (Wildman–Crippen MR) is 87.2 cm³/mol. The maximum atomic E-state index is 11.7. The Bertz CT molecular complexity index is 670. The van der Waals surface area contributed by atoms with Gasteiger partial charge in [-0.25, -0.2) is 0 Å². The van der Waals surface area contributed by atoms with Gasteiger partial charge in [-0.2, -0.15) is 0 Å². The quantitative estimate of drug-likeness (QED) is 0.667. The molecule has 1 aromatic heterocycles. The molecule has 0 spiro atoms. The molecule has 0 atom stereocenters. The lowest BCUT2D eigenvalue weighted by atomic mass is 10.3. The van der Waals surface area contributed by atoms with Gasteiger partial charge in [0.1, 0.15) is 17.2 Å². The van der Waals surface area contributed by atoms with Crippen molar-refractivity contribution in [2.45, 2.75) is 6.92 Å². The second-order valence-electron chi connectivity index (χ2n) is 4.43. The summed E-state index contributed by atoms with van der Waals surface area (Å²) in [5.41, 5.74) is 4.88. The number of hydrogen-bond donors (Lipinski definition) is 3. The van der Waals surface area contributed by atoms with Gasteiger partial charge in [0.2, 0.25) is 0 Å². The molecule has 0 aliphatic heterocycles. The number of halogens is 1. The summed E-state index contributed by atoms with van der Waals surface area (Å²) >= 11 is 3.22. The number of H-pyrrole nitrogens is 1. The van der Waals surface area contributed by atoms with Crippen LogP contribution in [0.3, 0.4) is 0 Å². The fourth-order valence-corrected chi connectivity index (χ4v) is 2.02. The van der Waals surface area contributed by atoms with Crippen molar-refractivity contribution < 1.29 is 19.1 Å². The molecule has 0 aliphatic carbocycles. The van der Waals surface area contributed by atoms with Crippen molar-refractivity contribution in [3.05, 3.63) is 46.7 Å². The minimum absolute atomic E-state index is 0.220. The monoisotopic (exact) mass is 381 g/mol. The molecule has 2 rings (SSSR count). The lowest BCUT2D eigenvalue weighted by Gasteiger charge is -2.09. The van der Waals surface area contributed by atoms with Gasteiger partial charge < -0.3 is 14.5 Å². The molecule has 3 N–H and O–H groups in total. The third kappa shape index (κ3) is 5.33. The number of carbonyl (C=O) groups is 2. The van der Waals surface area contributed by atoms with E-state index in [1.54, 1.807) is 36.5 Å². The SMILES string of the molecule is CCOc1ccc(OCC(=O)NNC(=O)c2cc(Br)c[nH]2)cc1. The topological polar surface area (TPSA) is 92.4 Å². The van der Waals surface area contributed by atoms with Gasteiger partial charge in [0.25, 0.3) is 11.8 Å². The van der Waals surface area contributed by atoms with E-state index in [4.69, 9.17) is 9.47 Å². The second kappa shape index (κ2) is 8.23. The van der Waals surface area contributed by atoms with Gasteiger partial charge in [0.15, 0.2) is 6.61 Å². The van der Waals surface area contributed by atoms with E-state index in [1.807, 2.05) is 6.92 Å². The van der Waals surface area contributed by atoms with Crippen LogP contribution >= 0.6 is 15.9 Å². The van der Waals surface area contributed by atoms with Gasteiger partial charge in [-0.1, -0.05) is 0 Å². The average Bonchev–Trinajstić information content (AvgIpc) is 2.99. The maximum Gasteiger partial charge on any atom is 0.286 e. The third-order valence-electron chi connectivity index (χ3n) is 2.71. The van der Waals surface area contributed by atoms with E-state index in [-0.39, 0.29) is 6.61 Å². The Morgan fingerprint density at radius 3 is 2.35 bits per heavy atom. The van der Waals surface area contributed by atoms with Crippen LogP contribution in [0.25, 0.3) is 0 Å². The molecule has 0 saturated heterocycles. The highest BCUT2D eigenvalue weighted by Crippen LogP contribution is 2.17. The van der Waals surface area contributed by atoms with E-state index in [2.05, 4.69) is 31.8 Å². The number of benzene rings is 1. The Hall–Kier alpha value is -2.48. The summed E-state index contributed by atoms with van der Waals surface area (Å²) in [6.07, 6.45) is 1.62. The normalized spacial score (nSPS) is 10.0. The Labute approximate surface area is 141 Å². The zero-order valence-corrected chi connectivity index (χ0v) is 14.0. The van der Waals surface area contributed by atoms with Crippen LogP contribution in [-0.2, 0) is 4.79 Å². The minimum Gasteiger partial charge on any atom is -0.494 e. The van der Waals surface area contributed by atoms with E-state index in [0.717, 1.165) is 10.2 Å². The lowest BCUT2D eigenvalue weighted by molar-refractivity contribution is -0.123. The summed E-state index contributed by atoms with van der Waals surface area (Å²) in [7, 11) is 0. The zero-order valence-electron chi connectivity index (χ0n) is 12.4. The molecule has 0 saturated carbocycles. The Kier molecular flexibility index (Phi) is 6.04. The molecular formula is C15H16BrN3O4. The molecular weight excluding hydrogens is 366 g/mol. The number of nitrogens with one attached hydrogen (secondary N) is 3. The van der Waals surface area contributed by atoms with Crippen LogP contribution in [-0.4, -0.2) is 30.0 Å². The summed E-state index contributed by atoms with van der Waals surface area (Å²) in [5.74, 6) is 0.333. The number of amides is 2. The van der Waals surface area contributed by atoms with Crippen LogP contribution in [0.4, 0.5) is 0 Å². The van der Waals surface area contributed by atoms with Crippen LogP contribution in [0.1, 0.15) is 17.4 Å². The number of ether oxygens (including phenoxy) is 2. The van der Waals surface area contributed by atoms with Crippen molar-refractivity contribution >= 4 is 27.7 Å². The Morgan fingerprint density at radius 2 is 1.78 bits per heavy atom. The first kappa shape index (κ1) is 16.9. The average molecular weight is 382 g/mol. The molecule has 0 fully saturated rings. The smallest absolute Gasteiger partial charge is 0.286 e. The van der Waals surface area contributed by atoms with Crippen molar-refractivity contribution in [1.29, 1.82) is 0 Å². The van der Waals surface area contributed by atoms with Crippen molar-refractivity contribution in [2.75, 3.05) is 13.2 Å². The van der Waals surface area contributed by atoms with Crippen LogP contribution in [0.2, 0.25) is 0 Å². The fraction of sp³-hybridized carbons (Fsp3) is 0.200. The first-order valence-corrected chi connectivity index (χ1v) is 7.66. The van der Waals surface area contributed by atoms with E-state index in [1.165, 1.54) is 0 Å². The summed E-state index contributed by atoms with van der Waals surface area (Å²) in [6, 6.07) is 8.50. The first-order chi connectivity index (χ1) is 11.1. The zero-order chi connectivity index (χ0) is 16.7. The molecule has 2 amide bonds. The predicted octanol–water partition coefficient (Wildman–Crippen LogP) is 2.02. The van der Waals surface area contributed by atoms with Crippen molar-refractivity contribution in [3.63, 3.8) is 0 Å². The number of aromatic nitrogens is 1. The fourth-order valence-electron chi connectivity index (χ4n) is 1.68.